The molecule has 0 bridgehead atoms. The Bertz CT molecular complexity index is 284. The number of benzene rings is 1. The van der Waals surface area contributed by atoms with Crippen LogP contribution in [0.15, 0.2) is 24.3 Å². The molecule has 2 N–H and O–H groups in total. The number of hydrogen-bond donors (Lipinski definition) is 2. The van der Waals surface area contributed by atoms with E-state index in [9.17, 15) is 5.11 Å². The molecule has 1 aromatic carbocycles. The molecule has 0 aromatic heterocycles. The highest BCUT2D eigenvalue weighted by Crippen LogP contribution is 2.19. The summed E-state index contributed by atoms with van der Waals surface area (Å²) in [7, 11) is 0. The lowest BCUT2D eigenvalue weighted by Gasteiger charge is -2.18. The Morgan fingerprint density at radius 2 is 1.93 bits per heavy atom. The topological polar surface area (TPSA) is 49.7 Å². The van der Waals surface area contributed by atoms with E-state index in [0.29, 0.717) is 5.75 Å². The van der Waals surface area contributed by atoms with Crippen molar-refractivity contribution in [3.05, 3.63) is 29.8 Å². The Hall–Kier alpha value is -1.06. The van der Waals surface area contributed by atoms with E-state index in [2.05, 4.69) is 0 Å². The summed E-state index contributed by atoms with van der Waals surface area (Å²) in [5, 5.41) is 18.3. The van der Waals surface area contributed by atoms with Crippen LogP contribution in [0.4, 0.5) is 0 Å². The van der Waals surface area contributed by atoms with Gasteiger partial charge in [-0.25, -0.2) is 0 Å². The minimum atomic E-state index is -0.526. The molecule has 1 aromatic rings. The van der Waals surface area contributed by atoms with E-state index in [1.165, 1.54) is 0 Å². The predicted molar refractivity (Wildman–Crippen MR) is 54.1 cm³/mol. The van der Waals surface area contributed by atoms with Gasteiger partial charge in [-0.15, -0.1) is 0 Å². The van der Waals surface area contributed by atoms with Gasteiger partial charge >= 0.3 is 0 Å². The molecule has 1 rings (SSSR count). The van der Waals surface area contributed by atoms with E-state index in [0.717, 1.165) is 5.56 Å². The zero-order chi connectivity index (χ0) is 10.6. The zero-order valence-electron chi connectivity index (χ0n) is 8.47. The first kappa shape index (κ1) is 11.0. The normalized spacial score (nSPS) is 14.9. The molecule has 0 aliphatic rings. The predicted octanol–water partition coefficient (Wildman–Crippen LogP) is 1.33. The first-order valence-electron chi connectivity index (χ1n) is 4.68. The van der Waals surface area contributed by atoms with Crippen molar-refractivity contribution in [2.24, 2.45) is 0 Å². The van der Waals surface area contributed by atoms with Crippen LogP contribution in [0.5, 0.6) is 5.75 Å². The van der Waals surface area contributed by atoms with Gasteiger partial charge in [0.25, 0.3) is 0 Å². The molecule has 0 radical (unpaired) electrons. The Balaban J connectivity index is 2.75. The first-order valence-corrected chi connectivity index (χ1v) is 4.68. The van der Waals surface area contributed by atoms with Crippen LogP contribution in [-0.4, -0.2) is 22.4 Å². The summed E-state index contributed by atoms with van der Waals surface area (Å²) in [5.41, 5.74) is 0.736. The number of hydrogen-bond acceptors (Lipinski definition) is 3. The number of ether oxygens (including phenoxy) is 1. The lowest BCUT2D eigenvalue weighted by molar-refractivity contribution is 0.0589. The summed E-state index contributed by atoms with van der Waals surface area (Å²) < 4.78 is 5.49. The monoisotopic (exact) mass is 196 g/mol. The average molecular weight is 196 g/mol. The highest BCUT2D eigenvalue weighted by Gasteiger charge is 2.11. The first-order chi connectivity index (χ1) is 6.65. The van der Waals surface area contributed by atoms with Crippen molar-refractivity contribution in [2.75, 3.05) is 0 Å². The molecule has 0 fully saturated rings. The molecule has 0 aliphatic carbocycles. The van der Waals surface area contributed by atoms with Crippen molar-refractivity contribution in [1.29, 1.82) is 0 Å². The zero-order valence-corrected chi connectivity index (χ0v) is 8.47. The molecule has 0 heterocycles. The maximum Gasteiger partial charge on any atom is 0.125 e. The van der Waals surface area contributed by atoms with Crippen molar-refractivity contribution in [2.45, 2.75) is 32.7 Å². The third kappa shape index (κ3) is 2.72. The van der Waals surface area contributed by atoms with Gasteiger partial charge in [0.2, 0.25) is 0 Å². The average Bonchev–Trinajstić information content (AvgIpc) is 2.18. The number of rotatable bonds is 4. The molecule has 0 aliphatic heterocycles. The Morgan fingerprint density at radius 3 is 2.50 bits per heavy atom. The quantitative estimate of drug-likeness (QED) is 0.763. The minimum Gasteiger partial charge on any atom is -0.488 e. The van der Waals surface area contributed by atoms with Crippen molar-refractivity contribution in [3.8, 4) is 5.75 Å². The molecule has 0 amide bonds. The van der Waals surface area contributed by atoms with Crippen LogP contribution in [0.2, 0.25) is 0 Å². The molecule has 0 saturated heterocycles. The van der Waals surface area contributed by atoms with Crippen LogP contribution < -0.4 is 4.74 Å². The fraction of sp³-hybridized carbons (Fsp3) is 0.455. The number of para-hydroxylation sites is 1. The summed E-state index contributed by atoms with van der Waals surface area (Å²) >= 11 is 0. The largest absolute Gasteiger partial charge is 0.488 e. The Morgan fingerprint density at radius 1 is 1.29 bits per heavy atom. The van der Waals surface area contributed by atoms with Gasteiger partial charge in [0, 0.05) is 5.56 Å². The molecule has 3 heteroatoms. The molecule has 2 unspecified atom stereocenters. The van der Waals surface area contributed by atoms with Crippen LogP contribution in [0.25, 0.3) is 0 Å². The van der Waals surface area contributed by atoms with E-state index in [-0.39, 0.29) is 12.7 Å². The highest BCUT2D eigenvalue weighted by atomic mass is 16.5. The van der Waals surface area contributed by atoms with Gasteiger partial charge in [-0.05, 0) is 19.9 Å². The summed E-state index contributed by atoms with van der Waals surface area (Å²) in [6, 6.07) is 7.25. The second kappa shape index (κ2) is 4.98. The Labute approximate surface area is 84.0 Å². The molecule has 0 saturated carbocycles. The van der Waals surface area contributed by atoms with Crippen molar-refractivity contribution >= 4 is 0 Å². The molecule has 14 heavy (non-hydrogen) atoms. The van der Waals surface area contributed by atoms with Crippen LogP contribution in [0.3, 0.4) is 0 Å². The van der Waals surface area contributed by atoms with E-state index in [1.54, 1.807) is 26.0 Å². The molecular weight excluding hydrogens is 180 g/mol. The SMILES string of the molecule is CC(O)C(C)Oc1ccccc1CO. The maximum absolute atomic E-state index is 9.26. The molecule has 3 nitrogen and oxygen atoms in total. The lowest BCUT2D eigenvalue weighted by Crippen LogP contribution is -2.25. The minimum absolute atomic E-state index is 0.0529. The van der Waals surface area contributed by atoms with Gasteiger partial charge in [-0.3, -0.25) is 0 Å². The lowest BCUT2D eigenvalue weighted by atomic mass is 10.2. The van der Waals surface area contributed by atoms with Crippen LogP contribution >= 0.6 is 0 Å². The smallest absolute Gasteiger partial charge is 0.125 e. The summed E-state index contributed by atoms with van der Waals surface area (Å²) in [6.45, 7) is 3.41. The van der Waals surface area contributed by atoms with Gasteiger partial charge in [0.15, 0.2) is 0 Å². The summed E-state index contributed by atoms with van der Waals surface area (Å²) in [5.74, 6) is 0.628. The van der Waals surface area contributed by atoms with Crippen molar-refractivity contribution in [3.63, 3.8) is 0 Å². The number of aliphatic hydroxyl groups is 2. The molecule has 78 valence electrons. The van der Waals surface area contributed by atoms with Gasteiger partial charge in [0.05, 0.1) is 12.7 Å². The fourth-order valence-corrected chi connectivity index (χ4v) is 1.05. The van der Waals surface area contributed by atoms with Gasteiger partial charge < -0.3 is 14.9 Å². The van der Waals surface area contributed by atoms with Crippen LogP contribution in [0, 0.1) is 0 Å². The molecule has 2 atom stereocenters. The molecular formula is C11H16O3. The van der Waals surface area contributed by atoms with Crippen LogP contribution in [-0.2, 0) is 6.61 Å². The van der Waals surface area contributed by atoms with E-state index < -0.39 is 6.10 Å². The van der Waals surface area contributed by atoms with Crippen LogP contribution in [0.1, 0.15) is 19.4 Å². The van der Waals surface area contributed by atoms with Gasteiger partial charge in [-0.2, -0.15) is 0 Å². The van der Waals surface area contributed by atoms with Gasteiger partial charge in [-0.1, -0.05) is 18.2 Å². The fourth-order valence-electron chi connectivity index (χ4n) is 1.05. The van der Waals surface area contributed by atoms with E-state index >= 15 is 0 Å². The van der Waals surface area contributed by atoms with Crippen molar-refractivity contribution in [1.82, 2.24) is 0 Å². The highest BCUT2D eigenvalue weighted by molar-refractivity contribution is 5.32. The second-order valence-electron chi connectivity index (χ2n) is 3.33. The van der Waals surface area contributed by atoms with E-state index in [4.69, 9.17) is 9.84 Å². The van der Waals surface area contributed by atoms with E-state index in [1.807, 2.05) is 12.1 Å². The molecule has 0 spiro atoms. The third-order valence-corrected chi connectivity index (χ3v) is 2.14. The second-order valence-corrected chi connectivity index (χ2v) is 3.33. The maximum atomic E-state index is 9.26. The third-order valence-electron chi connectivity index (χ3n) is 2.14. The van der Waals surface area contributed by atoms with Gasteiger partial charge in [0.1, 0.15) is 11.9 Å². The van der Waals surface area contributed by atoms with Crippen molar-refractivity contribution < 1.29 is 14.9 Å². The summed E-state index contributed by atoms with van der Waals surface area (Å²) in [4.78, 5) is 0. The summed E-state index contributed by atoms with van der Waals surface area (Å²) in [6.07, 6.45) is -0.801. The Kier molecular flexibility index (Phi) is 3.92. The standard InChI is InChI=1S/C11H16O3/c1-8(13)9(2)14-11-6-4-3-5-10(11)7-12/h3-6,8-9,12-13H,7H2,1-2H3. The number of aliphatic hydroxyl groups excluding tert-OH is 2.